The van der Waals surface area contributed by atoms with Crippen molar-refractivity contribution >= 4 is 29.2 Å². The quantitative estimate of drug-likeness (QED) is 0.719. The normalized spacial score (nSPS) is 17.0. The Morgan fingerprint density at radius 1 is 1.00 bits per heavy atom. The average molecular weight is 387 g/mol. The average Bonchev–Trinajstić information content (AvgIpc) is 3.35. The number of rotatable bonds is 4. The van der Waals surface area contributed by atoms with Gasteiger partial charge in [-0.2, -0.15) is 5.10 Å². The van der Waals surface area contributed by atoms with Gasteiger partial charge in [-0.1, -0.05) is 30.3 Å². The molecule has 3 heterocycles. The monoisotopic (exact) mass is 387 g/mol. The third-order valence-corrected chi connectivity index (χ3v) is 5.24. The third-order valence-electron chi connectivity index (χ3n) is 5.24. The number of nitrogens with one attached hydrogen (secondary N) is 2. The maximum Gasteiger partial charge on any atom is 0.260 e. The Morgan fingerprint density at radius 2 is 1.76 bits per heavy atom. The fraction of sp³-hybridized carbons (Fsp3) is 0.143. The highest BCUT2D eigenvalue weighted by molar-refractivity contribution is 6.16. The molecule has 29 heavy (non-hydrogen) atoms. The van der Waals surface area contributed by atoms with Crippen LogP contribution in [0.5, 0.6) is 0 Å². The van der Waals surface area contributed by atoms with E-state index < -0.39 is 6.17 Å². The first-order valence-corrected chi connectivity index (χ1v) is 9.27. The molecule has 5 rings (SSSR count). The number of fused-ring (bicyclic) bond motifs is 5. The van der Waals surface area contributed by atoms with Crippen LogP contribution in [0.15, 0.2) is 60.8 Å². The third kappa shape index (κ3) is 2.68. The van der Waals surface area contributed by atoms with E-state index in [1.807, 2.05) is 24.3 Å². The highest BCUT2D eigenvalue weighted by Gasteiger charge is 2.47. The van der Waals surface area contributed by atoms with Crippen LogP contribution in [-0.4, -0.2) is 39.4 Å². The minimum absolute atomic E-state index is 0.0909. The Kier molecular flexibility index (Phi) is 3.90. The second-order valence-corrected chi connectivity index (χ2v) is 6.92. The number of H-pyrrole nitrogens is 1. The van der Waals surface area contributed by atoms with Gasteiger partial charge >= 0.3 is 0 Å². The van der Waals surface area contributed by atoms with Crippen LogP contribution in [0.2, 0.25) is 0 Å². The lowest BCUT2D eigenvalue weighted by atomic mass is 10.0. The number of hydrogen-bond donors (Lipinski definition) is 2. The summed E-state index contributed by atoms with van der Waals surface area (Å²) in [6.07, 6.45) is 1.08. The lowest BCUT2D eigenvalue weighted by Crippen LogP contribution is -2.49. The van der Waals surface area contributed by atoms with Crippen molar-refractivity contribution in [1.82, 2.24) is 15.1 Å². The van der Waals surface area contributed by atoms with Crippen LogP contribution in [-0.2, 0) is 4.79 Å². The fourth-order valence-corrected chi connectivity index (χ4v) is 3.96. The number of para-hydroxylation sites is 1. The zero-order valence-corrected chi connectivity index (χ0v) is 15.3. The first-order valence-electron chi connectivity index (χ1n) is 9.27. The minimum Gasteiger partial charge on any atom is -0.313 e. The van der Waals surface area contributed by atoms with Crippen LogP contribution in [0, 0.1) is 0 Å². The van der Waals surface area contributed by atoms with Gasteiger partial charge in [-0.3, -0.25) is 24.4 Å². The standard InChI is InChI=1S/C21H17N5O3/c27-18(23-17-9-11-22-24-17)10-12-25-19-13-5-1-2-6-14(13)21(29)26(19)16-8-4-3-7-15(16)20(25)28/h1-9,11,19H,10,12H2,(H2,22,23,24,27)/t19-/m1/s1. The molecule has 0 aliphatic carbocycles. The molecule has 0 saturated carbocycles. The lowest BCUT2D eigenvalue weighted by Gasteiger charge is -2.40. The van der Waals surface area contributed by atoms with Gasteiger partial charge < -0.3 is 10.2 Å². The Balaban J connectivity index is 1.48. The molecule has 0 unspecified atom stereocenters. The Morgan fingerprint density at radius 3 is 2.55 bits per heavy atom. The van der Waals surface area contributed by atoms with E-state index in [4.69, 9.17) is 0 Å². The minimum atomic E-state index is -0.555. The van der Waals surface area contributed by atoms with Crippen molar-refractivity contribution in [3.8, 4) is 0 Å². The van der Waals surface area contributed by atoms with Crippen LogP contribution in [0.4, 0.5) is 11.5 Å². The molecule has 0 radical (unpaired) electrons. The van der Waals surface area contributed by atoms with Gasteiger partial charge in [0, 0.05) is 30.2 Å². The van der Waals surface area contributed by atoms with Crippen molar-refractivity contribution in [3.63, 3.8) is 0 Å². The van der Waals surface area contributed by atoms with Gasteiger partial charge in [-0.25, -0.2) is 0 Å². The van der Waals surface area contributed by atoms with Gasteiger partial charge in [0.25, 0.3) is 11.8 Å². The summed E-state index contributed by atoms with van der Waals surface area (Å²) in [5.41, 5.74) is 2.41. The van der Waals surface area contributed by atoms with Crippen LogP contribution < -0.4 is 10.2 Å². The zero-order chi connectivity index (χ0) is 20.0. The topological polar surface area (TPSA) is 98.4 Å². The SMILES string of the molecule is O=C(CCN1C(=O)c2ccccc2N2C(=O)c3ccccc3[C@H]12)Nc1ccn[nH]1. The smallest absolute Gasteiger partial charge is 0.260 e. The number of carbonyl (C=O) groups excluding carboxylic acids is 3. The van der Waals surface area contributed by atoms with Gasteiger partial charge in [-0.05, 0) is 18.2 Å². The zero-order valence-electron chi connectivity index (χ0n) is 15.3. The van der Waals surface area contributed by atoms with Crippen molar-refractivity contribution in [2.24, 2.45) is 0 Å². The number of hydrogen-bond acceptors (Lipinski definition) is 4. The predicted octanol–water partition coefficient (Wildman–Crippen LogP) is 2.55. The highest BCUT2D eigenvalue weighted by atomic mass is 16.2. The van der Waals surface area contributed by atoms with Crippen LogP contribution >= 0.6 is 0 Å². The van der Waals surface area contributed by atoms with E-state index in [0.717, 1.165) is 5.56 Å². The van der Waals surface area contributed by atoms with E-state index in [1.54, 1.807) is 46.3 Å². The summed E-state index contributed by atoms with van der Waals surface area (Å²) in [7, 11) is 0. The summed E-state index contributed by atoms with van der Waals surface area (Å²) in [6.45, 7) is 0.177. The molecule has 2 aromatic carbocycles. The molecule has 144 valence electrons. The second kappa shape index (κ2) is 6.59. The van der Waals surface area contributed by atoms with Gasteiger partial charge in [-0.15, -0.1) is 0 Å². The van der Waals surface area contributed by atoms with Gasteiger partial charge in [0.15, 0.2) is 0 Å². The molecular formula is C21H17N5O3. The molecular weight excluding hydrogens is 370 g/mol. The second-order valence-electron chi connectivity index (χ2n) is 6.92. The number of carbonyl (C=O) groups is 3. The van der Waals surface area contributed by atoms with Gasteiger partial charge in [0.2, 0.25) is 5.91 Å². The molecule has 1 aromatic heterocycles. The van der Waals surface area contributed by atoms with E-state index in [9.17, 15) is 14.4 Å². The fourth-order valence-electron chi connectivity index (χ4n) is 3.96. The Hall–Kier alpha value is -3.94. The number of benzene rings is 2. The van der Waals surface area contributed by atoms with E-state index in [1.165, 1.54) is 0 Å². The van der Waals surface area contributed by atoms with Crippen molar-refractivity contribution in [2.75, 3.05) is 16.8 Å². The van der Waals surface area contributed by atoms with E-state index >= 15 is 0 Å². The molecule has 0 spiro atoms. The molecule has 3 aromatic rings. The molecule has 8 heteroatoms. The van der Waals surface area contributed by atoms with Crippen LogP contribution in [0.1, 0.15) is 38.9 Å². The van der Waals surface area contributed by atoms with Crippen molar-refractivity contribution in [1.29, 1.82) is 0 Å². The summed E-state index contributed by atoms with van der Waals surface area (Å²) in [5.74, 6) is -0.0865. The van der Waals surface area contributed by atoms with E-state index in [0.29, 0.717) is 22.6 Å². The number of anilines is 2. The molecule has 2 aliphatic heterocycles. The summed E-state index contributed by atoms with van der Waals surface area (Å²) in [4.78, 5) is 41.9. The largest absolute Gasteiger partial charge is 0.313 e. The van der Waals surface area contributed by atoms with E-state index in [2.05, 4.69) is 15.5 Å². The summed E-state index contributed by atoms with van der Waals surface area (Å²) < 4.78 is 0. The maximum absolute atomic E-state index is 13.2. The number of aromatic nitrogens is 2. The first kappa shape index (κ1) is 17.2. The molecule has 2 aliphatic rings. The highest BCUT2D eigenvalue weighted by Crippen LogP contribution is 2.45. The maximum atomic E-state index is 13.2. The summed E-state index contributed by atoms with van der Waals surface area (Å²) in [6, 6.07) is 16.0. The molecule has 0 fully saturated rings. The van der Waals surface area contributed by atoms with Crippen LogP contribution in [0.3, 0.4) is 0 Å². The van der Waals surface area contributed by atoms with Gasteiger partial charge in [0.05, 0.1) is 17.4 Å². The first-order chi connectivity index (χ1) is 14.1. The molecule has 8 nitrogen and oxygen atoms in total. The van der Waals surface area contributed by atoms with Crippen molar-refractivity contribution in [2.45, 2.75) is 12.6 Å². The molecule has 3 amide bonds. The molecule has 2 N–H and O–H groups in total. The lowest BCUT2D eigenvalue weighted by molar-refractivity contribution is -0.116. The number of amides is 3. The number of aromatic amines is 1. The summed E-state index contributed by atoms with van der Waals surface area (Å²) in [5, 5.41) is 9.17. The molecule has 1 atom stereocenters. The van der Waals surface area contributed by atoms with E-state index in [-0.39, 0.29) is 30.7 Å². The van der Waals surface area contributed by atoms with Crippen LogP contribution in [0.25, 0.3) is 0 Å². The molecule has 0 saturated heterocycles. The number of nitrogens with zero attached hydrogens (tertiary/aromatic N) is 3. The molecule has 0 bridgehead atoms. The predicted molar refractivity (Wildman–Crippen MR) is 105 cm³/mol. The van der Waals surface area contributed by atoms with Gasteiger partial charge in [0.1, 0.15) is 12.0 Å². The van der Waals surface area contributed by atoms with Crippen molar-refractivity contribution in [3.05, 3.63) is 77.5 Å². The summed E-state index contributed by atoms with van der Waals surface area (Å²) >= 11 is 0. The Bertz CT molecular complexity index is 1120. The Labute approximate surface area is 166 Å². The van der Waals surface area contributed by atoms with Crippen molar-refractivity contribution < 1.29 is 14.4 Å².